The molecule has 23 nitrogen and oxygen atoms in total. The summed E-state index contributed by atoms with van der Waals surface area (Å²) in [7, 11) is 0. The third-order valence-corrected chi connectivity index (χ3v) is 14.8. The molecule has 23 heteroatoms. The maximum Gasteiger partial charge on any atom is 0.410 e. The Bertz CT molecular complexity index is 2660. The van der Waals surface area contributed by atoms with Crippen molar-refractivity contribution in [3.8, 4) is 0 Å². The lowest BCUT2D eigenvalue weighted by atomic mass is 9.99. The molecule has 6 heterocycles. The molecule has 0 bridgehead atoms. The number of carbonyl (C=O) groups is 3. The summed E-state index contributed by atoms with van der Waals surface area (Å²) in [4.78, 5) is 92.3. The first-order valence-electron chi connectivity index (χ1n) is 29.5. The molecule has 3 atom stereocenters. The van der Waals surface area contributed by atoms with Gasteiger partial charge in [-0.15, -0.1) is 0 Å². The number of piperidine rings is 3. The number of nitrogens with zero attached hydrogens (tertiary/aromatic N) is 9. The molecule has 5 N–H and O–H groups in total. The summed E-state index contributed by atoms with van der Waals surface area (Å²) in [5, 5.41) is 27.6. The Morgan fingerprint density at radius 2 is 0.926 bits per heavy atom. The van der Waals surface area contributed by atoms with Crippen molar-refractivity contribution in [2.45, 2.75) is 208 Å². The second-order valence-electron chi connectivity index (χ2n) is 23.8. The predicted octanol–water partition coefficient (Wildman–Crippen LogP) is 6.45. The minimum Gasteiger partial charge on any atom is -0.464 e. The molecule has 3 saturated heterocycles. The van der Waals surface area contributed by atoms with Crippen LogP contribution in [0, 0.1) is 26.7 Å². The van der Waals surface area contributed by atoms with Crippen molar-refractivity contribution in [2.75, 3.05) is 81.6 Å². The number of anilines is 3. The normalized spacial score (nSPS) is 18.6. The van der Waals surface area contributed by atoms with Crippen molar-refractivity contribution >= 4 is 35.6 Å². The van der Waals surface area contributed by atoms with Crippen LogP contribution in [-0.4, -0.2) is 167 Å². The molecule has 0 spiro atoms. The smallest absolute Gasteiger partial charge is 0.410 e. The Hall–Kier alpha value is -6.07. The lowest BCUT2D eigenvalue weighted by Gasteiger charge is -2.36. The minimum absolute atomic E-state index is 0.0393. The van der Waals surface area contributed by atoms with E-state index in [1.807, 2.05) is 53.4 Å². The van der Waals surface area contributed by atoms with Crippen LogP contribution in [0.1, 0.15) is 155 Å². The van der Waals surface area contributed by atoms with Crippen molar-refractivity contribution in [1.29, 1.82) is 0 Å². The zero-order valence-corrected chi connectivity index (χ0v) is 50.2. The lowest BCUT2D eigenvalue weighted by Crippen LogP contribution is -2.46. The molecule has 3 unspecified atom stereocenters. The van der Waals surface area contributed by atoms with E-state index in [0.29, 0.717) is 68.8 Å². The number of amides is 2. The Kier molecular flexibility index (Phi) is 25.9. The Balaban J connectivity index is 0.000000224. The highest BCUT2D eigenvalue weighted by molar-refractivity contribution is 5.69. The number of likely N-dealkylation sites (tertiary alicyclic amines) is 3. The van der Waals surface area contributed by atoms with Crippen molar-refractivity contribution in [3.05, 3.63) is 66.7 Å². The fourth-order valence-electron chi connectivity index (χ4n) is 10.4. The largest absolute Gasteiger partial charge is 0.464 e. The molecule has 3 aliphatic heterocycles. The highest BCUT2D eigenvalue weighted by Gasteiger charge is 2.33. The number of aryl methyl sites for hydroxylation is 3. The second kappa shape index (κ2) is 32.0. The third kappa shape index (κ3) is 21.6. The molecule has 2 amide bonds. The van der Waals surface area contributed by atoms with E-state index in [-0.39, 0.29) is 91.5 Å². The van der Waals surface area contributed by atoms with Crippen LogP contribution < -0.4 is 32.6 Å². The van der Waals surface area contributed by atoms with Crippen LogP contribution in [0.25, 0.3) is 0 Å². The zero-order chi connectivity index (χ0) is 59.3. The van der Waals surface area contributed by atoms with E-state index < -0.39 is 11.2 Å². The van der Waals surface area contributed by atoms with E-state index >= 15 is 0 Å². The number of esters is 1. The van der Waals surface area contributed by atoms with Crippen LogP contribution in [0.5, 0.6) is 0 Å². The topological polar surface area (TPSA) is 270 Å². The van der Waals surface area contributed by atoms with Crippen molar-refractivity contribution in [2.24, 2.45) is 5.92 Å². The molecule has 1 saturated carbocycles. The molecular formula is C58H96N12O11. The number of hydrogen-bond acceptors (Lipinski definition) is 18. The molecule has 0 radical (unpaired) electrons. The average Bonchev–Trinajstić information content (AvgIpc) is 4.28. The van der Waals surface area contributed by atoms with Crippen LogP contribution in [0.15, 0.2) is 33.0 Å². The highest BCUT2D eigenvalue weighted by Crippen LogP contribution is 2.32. The Morgan fingerprint density at radius 1 is 0.556 bits per heavy atom. The van der Waals surface area contributed by atoms with Gasteiger partial charge in [-0.05, 0) is 158 Å². The predicted molar refractivity (Wildman–Crippen MR) is 313 cm³/mol. The van der Waals surface area contributed by atoms with Gasteiger partial charge in [-0.2, -0.15) is 0 Å². The van der Waals surface area contributed by atoms with Crippen molar-refractivity contribution < 1.29 is 38.8 Å². The molecule has 3 aromatic rings. The molecule has 0 aromatic carbocycles. The Labute approximate surface area is 478 Å². The number of aromatic nitrogens is 6. The van der Waals surface area contributed by atoms with Crippen LogP contribution in [-0.2, 0) is 38.6 Å². The highest BCUT2D eigenvalue weighted by atomic mass is 16.6. The van der Waals surface area contributed by atoms with Crippen LogP contribution >= 0.6 is 0 Å². The van der Waals surface area contributed by atoms with Gasteiger partial charge in [0, 0.05) is 113 Å². The number of ether oxygens (including phenoxy) is 3. The fourth-order valence-corrected chi connectivity index (χ4v) is 10.4. The Morgan fingerprint density at radius 3 is 1.30 bits per heavy atom. The maximum absolute atomic E-state index is 12.7. The summed E-state index contributed by atoms with van der Waals surface area (Å²) in [5.41, 5.74) is 0.516. The van der Waals surface area contributed by atoms with Crippen LogP contribution in [0.4, 0.5) is 27.0 Å². The first kappa shape index (κ1) is 65.7. The summed E-state index contributed by atoms with van der Waals surface area (Å²) in [6.07, 6.45) is 19.5. The molecular weight excluding hydrogens is 1040 g/mol. The van der Waals surface area contributed by atoms with Gasteiger partial charge in [-0.1, -0.05) is 6.42 Å². The van der Waals surface area contributed by atoms with Crippen molar-refractivity contribution in [3.63, 3.8) is 0 Å². The fraction of sp³-hybridized carbons (Fsp3) is 0.741. The molecule has 7 rings (SSSR count). The summed E-state index contributed by atoms with van der Waals surface area (Å²) in [5.74, 6) is 1.48. The first-order chi connectivity index (χ1) is 38.5. The number of nitrogens with one attached hydrogen (secondary N) is 3. The average molecular weight is 1140 g/mol. The number of aliphatic hydroxyl groups excluding tert-OH is 2. The number of hydrogen-bond donors (Lipinski definition) is 5. The maximum atomic E-state index is 12.7. The number of carbonyl (C=O) groups excluding carboxylic acids is 3. The van der Waals surface area contributed by atoms with Gasteiger partial charge in [0.1, 0.15) is 17.8 Å². The third-order valence-electron chi connectivity index (χ3n) is 14.8. The quantitative estimate of drug-likeness (QED) is 0.0566. The van der Waals surface area contributed by atoms with E-state index in [1.54, 1.807) is 41.9 Å². The van der Waals surface area contributed by atoms with Gasteiger partial charge in [0.2, 0.25) is 0 Å². The van der Waals surface area contributed by atoms with Gasteiger partial charge in [0.25, 0.3) is 16.7 Å². The zero-order valence-electron chi connectivity index (χ0n) is 50.2. The molecule has 1 aliphatic carbocycles. The van der Waals surface area contributed by atoms with Crippen LogP contribution in [0.3, 0.4) is 0 Å². The first-order valence-corrected chi connectivity index (χ1v) is 29.5. The summed E-state index contributed by atoms with van der Waals surface area (Å²) < 4.78 is 20.6. The van der Waals surface area contributed by atoms with E-state index in [9.17, 15) is 28.8 Å². The van der Waals surface area contributed by atoms with E-state index in [2.05, 4.69) is 35.8 Å². The molecule has 454 valence electrons. The van der Waals surface area contributed by atoms with Gasteiger partial charge in [-0.3, -0.25) is 19.2 Å². The monoisotopic (exact) mass is 1140 g/mol. The van der Waals surface area contributed by atoms with E-state index in [1.165, 1.54) is 61.3 Å². The van der Waals surface area contributed by atoms with Gasteiger partial charge in [-0.25, -0.2) is 24.5 Å². The second-order valence-corrected chi connectivity index (χ2v) is 23.8. The van der Waals surface area contributed by atoms with Crippen molar-refractivity contribution in [1.82, 2.24) is 43.4 Å². The number of aliphatic hydroxyl groups is 2. The van der Waals surface area contributed by atoms with Gasteiger partial charge in [0.05, 0.1) is 19.8 Å². The summed E-state index contributed by atoms with van der Waals surface area (Å²) in [6, 6.07) is 0.793. The van der Waals surface area contributed by atoms with Gasteiger partial charge in [0.15, 0.2) is 17.5 Å². The van der Waals surface area contributed by atoms with E-state index in [4.69, 9.17) is 24.4 Å². The molecule has 4 aliphatic rings. The van der Waals surface area contributed by atoms with E-state index in [0.717, 1.165) is 63.1 Å². The SMILES string of the molecule is CC(=O)OCCn1c(C)cnc(NCCC2CCCCN2C(=O)OC(C)(C)C)c1=O.Cc1cnc(NCCC2CCCCN2C(=O)OC(C)(C)C)c(=O)n1CCO.Cc1cnc(NCCC2CCCCN2CC2CC2)c(=O)n1CCO. The molecule has 3 aromatic heterocycles. The van der Waals surface area contributed by atoms with Gasteiger partial charge >= 0.3 is 18.2 Å². The minimum atomic E-state index is -0.527. The molecule has 81 heavy (non-hydrogen) atoms. The van der Waals surface area contributed by atoms with Crippen LogP contribution in [0.2, 0.25) is 0 Å². The number of rotatable bonds is 21. The summed E-state index contributed by atoms with van der Waals surface area (Å²) >= 11 is 0. The van der Waals surface area contributed by atoms with Gasteiger partial charge < -0.3 is 68.8 Å². The summed E-state index contributed by atoms with van der Waals surface area (Å²) in [6.45, 7) is 24.5. The lowest BCUT2D eigenvalue weighted by molar-refractivity contribution is -0.141. The standard InChI is InChI=1S/C21H34N4O5.C19H32N4O4.C18H30N4O2/c1-15-14-23-18(19(27)24(15)12-13-29-16(2)26)22-10-9-17-8-6-7-11-25(17)20(28)30-21(3,4)5;1-14-13-21-16(17(25)22(14)11-12-24)20-9-8-15-7-5-6-10-23(15)18(26)27-19(2,3)4;1-14-12-20-17(18(24)22(14)10-11-23)19-8-7-16-4-2-3-9-21(16)13-15-5-6-15/h14,17H,6-13H2,1-5H3,(H,22,23);13,15,24H,5-12H2,1-4H3,(H,20,21);12,15-16,23H,2-11,13H2,1H3,(H,19,20). The molecule has 4 fully saturated rings.